The first-order valence-electron chi connectivity index (χ1n) is 6.85. The van der Waals surface area contributed by atoms with E-state index in [1.807, 2.05) is 37.3 Å². The van der Waals surface area contributed by atoms with Crippen LogP contribution < -0.4 is 4.74 Å². The lowest BCUT2D eigenvalue weighted by Crippen LogP contribution is -2.12. The zero-order valence-corrected chi connectivity index (χ0v) is 12.2. The van der Waals surface area contributed by atoms with Gasteiger partial charge in [-0.05, 0) is 12.5 Å². The fraction of sp³-hybridized carbons (Fsp3) is 0.312. The van der Waals surface area contributed by atoms with Gasteiger partial charge in [-0.3, -0.25) is 4.99 Å². The Morgan fingerprint density at radius 1 is 1.10 bits per heavy atom. The van der Waals surface area contributed by atoms with Crippen LogP contribution in [0, 0.1) is 6.92 Å². The van der Waals surface area contributed by atoms with E-state index in [4.69, 9.17) is 9.47 Å². The quantitative estimate of drug-likeness (QED) is 0.845. The van der Waals surface area contributed by atoms with E-state index in [1.165, 1.54) is 0 Å². The van der Waals surface area contributed by atoms with Crippen LogP contribution in [0.1, 0.15) is 22.6 Å². The summed E-state index contributed by atoms with van der Waals surface area (Å²) in [6.07, 6.45) is 0. The number of rotatable bonds is 5. The van der Waals surface area contributed by atoms with Crippen molar-refractivity contribution in [2.75, 3.05) is 13.7 Å². The van der Waals surface area contributed by atoms with Crippen molar-refractivity contribution in [1.82, 2.24) is 9.97 Å². The minimum atomic E-state index is 0.435. The number of benzene rings is 1. The Bertz CT molecular complexity index is 669. The highest BCUT2D eigenvalue weighted by Gasteiger charge is 2.23. The molecular formula is C16H17N3O2. The molecule has 0 saturated heterocycles. The van der Waals surface area contributed by atoms with E-state index in [-0.39, 0.29) is 0 Å². The van der Waals surface area contributed by atoms with Gasteiger partial charge >= 0.3 is 0 Å². The van der Waals surface area contributed by atoms with E-state index >= 15 is 0 Å². The van der Waals surface area contributed by atoms with Gasteiger partial charge in [0, 0.05) is 0 Å². The molecule has 3 rings (SSSR count). The van der Waals surface area contributed by atoms with Crippen molar-refractivity contribution < 1.29 is 9.47 Å². The molecule has 0 amide bonds. The van der Waals surface area contributed by atoms with Crippen LogP contribution in [0.3, 0.4) is 0 Å². The molecule has 1 aromatic heterocycles. The van der Waals surface area contributed by atoms with Gasteiger partial charge in [0.25, 0.3) is 0 Å². The fourth-order valence-electron chi connectivity index (χ4n) is 2.36. The van der Waals surface area contributed by atoms with Crippen molar-refractivity contribution >= 4 is 5.71 Å². The fourth-order valence-corrected chi connectivity index (χ4v) is 2.36. The second-order valence-corrected chi connectivity index (χ2v) is 4.84. The summed E-state index contributed by atoms with van der Waals surface area (Å²) in [5, 5.41) is 0. The minimum Gasteiger partial charge on any atom is -0.480 e. The summed E-state index contributed by atoms with van der Waals surface area (Å²) in [6.45, 7) is 3.42. The van der Waals surface area contributed by atoms with Crippen LogP contribution in [0.5, 0.6) is 5.88 Å². The Balaban J connectivity index is 1.70. The first-order chi connectivity index (χ1) is 10.3. The average molecular weight is 283 g/mol. The number of methoxy groups -OCH3 is 1. The number of nitrogens with zero attached hydrogens (tertiary/aromatic N) is 3. The van der Waals surface area contributed by atoms with Crippen LogP contribution in [0.4, 0.5) is 0 Å². The van der Waals surface area contributed by atoms with E-state index in [9.17, 15) is 0 Å². The number of aliphatic imine (C=N–C) groups is 1. The minimum absolute atomic E-state index is 0.435. The van der Waals surface area contributed by atoms with Crippen molar-refractivity contribution in [2.24, 2.45) is 4.99 Å². The topological polar surface area (TPSA) is 56.6 Å². The molecule has 0 saturated carbocycles. The molecule has 0 spiro atoms. The van der Waals surface area contributed by atoms with Crippen LogP contribution in [0.2, 0.25) is 0 Å². The number of hydrogen-bond donors (Lipinski definition) is 0. The highest BCUT2D eigenvalue weighted by Crippen LogP contribution is 2.25. The standard InChI is InChI=1S/C16H17N3O2/c1-11-18-13-8-17-14(15(13)16(19-11)20-2)10-21-9-12-6-4-3-5-7-12/h3-7H,8-10H2,1-2H3. The van der Waals surface area contributed by atoms with Crippen molar-refractivity contribution in [1.29, 1.82) is 0 Å². The maximum absolute atomic E-state index is 5.75. The van der Waals surface area contributed by atoms with Gasteiger partial charge in [0.15, 0.2) is 0 Å². The molecule has 0 fully saturated rings. The normalized spacial score (nSPS) is 13.0. The largest absolute Gasteiger partial charge is 0.480 e. The molecule has 5 nitrogen and oxygen atoms in total. The molecular weight excluding hydrogens is 266 g/mol. The lowest BCUT2D eigenvalue weighted by Gasteiger charge is -2.09. The highest BCUT2D eigenvalue weighted by molar-refractivity contribution is 6.06. The lowest BCUT2D eigenvalue weighted by molar-refractivity contribution is 0.158. The first kappa shape index (κ1) is 13.7. The predicted octanol–water partition coefficient (Wildman–Crippen LogP) is 2.31. The Hall–Kier alpha value is -2.27. The third-order valence-corrected chi connectivity index (χ3v) is 3.31. The third kappa shape index (κ3) is 2.92. The molecule has 108 valence electrons. The van der Waals surface area contributed by atoms with Crippen molar-refractivity contribution in [3.05, 3.63) is 53.0 Å². The number of ether oxygens (including phenoxy) is 2. The molecule has 1 aliphatic heterocycles. The molecule has 0 aliphatic carbocycles. The monoisotopic (exact) mass is 283 g/mol. The molecule has 1 aliphatic rings. The predicted molar refractivity (Wildman–Crippen MR) is 79.7 cm³/mol. The number of fused-ring (bicyclic) bond motifs is 1. The van der Waals surface area contributed by atoms with Gasteiger partial charge in [-0.2, -0.15) is 4.98 Å². The van der Waals surface area contributed by atoms with Crippen molar-refractivity contribution in [2.45, 2.75) is 20.1 Å². The van der Waals surface area contributed by atoms with Gasteiger partial charge < -0.3 is 9.47 Å². The van der Waals surface area contributed by atoms with E-state index < -0.39 is 0 Å². The Labute approximate surface area is 123 Å². The summed E-state index contributed by atoms with van der Waals surface area (Å²) in [5.74, 6) is 1.28. The Morgan fingerprint density at radius 2 is 1.90 bits per heavy atom. The molecule has 2 heterocycles. The number of hydrogen-bond acceptors (Lipinski definition) is 5. The summed E-state index contributed by atoms with van der Waals surface area (Å²) in [6, 6.07) is 10.1. The smallest absolute Gasteiger partial charge is 0.226 e. The zero-order chi connectivity index (χ0) is 14.7. The van der Waals surface area contributed by atoms with Crippen LogP contribution in [0.15, 0.2) is 35.3 Å². The second-order valence-electron chi connectivity index (χ2n) is 4.84. The van der Waals surface area contributed by atoms with Crippen molar-refractivity contribution in [3.63, 3.8) is 0 Å². The van der Waals surface area contributed by atoms with Crippen LogP contribution in [0.25, 0.3) is 0 Å². The van der Waals surface area contributed by atoms with E-state index in [0.29, 0.717) is 31.5 Å². The summed E-state index contributed by atoms with van der Waals surface area (Å²) < 4.78 is 11.1. The third-order valence-electron chi connectivity index (χ3n) is 3.31. The number of aryl methyl sites for hydroxylation is 1. The van der Waals surface area contributed by atoms with Gasteiger partial charge in [-0.25, -0.2) is 4.98 Å². The van der Waals surface area contributed by atoms with Gasteiger partial charge in [-0.15, -0.1) is 0 Å². The van der Waals surface area contributed by atoms with Gasteiger partial charge in [0.2, 0.25) is 5.88 Å². The van der Waals surface area contributed by atoms with Crippen LogP contribution in [-0.2, 0) is 17.9 Å². The zero-order valence-electron chi connectivity index (χ0n) is 12.2. The summed E-state index contributed by atoms with van der Waals surface area (Å²) in [4.78, 5) is 13.2. The summed E-state index contributed by atoms with van der Waals surface area (Å²) >= 11 is 0. The molecule has 0 unspecified atom stereocenters. The SMILES string of the molecule is COc1nc(C)nc2c1C(COCc1ccccc1)=NC2. The van der Waals surface area contributed by atoms with E-state index in [0.717, 1.165) is 22.5 Å². The number of aromatic nitrogens is 2. The molecule has 21 heavy (non-hydrogen) atoms. The first-order valence-corrected chi connectivity index (χ1v) is 6.85. The van der Waals surface area contributed by atoms with Gasteiger partial charge in [-0.1, -0.05) is 30.3 Å². The Morgan fingerprint density at radius 3 is 2.67 bits per heavy atom. The van der Waals surface area contributed by atoms with Gasteiger partial charge in [0.05, 0.1) is 43.8 Å². The molecule has 2 aromatic rings. The molecule has 5 heteroatoms. The van der Waals surface area contributed by atoms with E-state index in [2.05, 4.69) is 15.0 Å². The molecule has 0 N–H and O–H groups in total. The van der Waals surface area contributed by atoms with Crippen LogP contribution >= 0.6 is 0 Å². The average Bonchev–Trinajstić information content (AvgIpc) is 2.90. The van der Waals surface area contributed by atoms with Crippen LogP contribution in [-0.4, -0.2) is 29.4 Å². The molecule has 1 aromatic carbocycles. The summed E-state index contributed by atoms with van der Waals surface area (Å²) in [7, 11) is 1.61. The van der Waals surface area contributed by atoms with Crippen molar-refractivity contribution in [3.8, 4) is 5.88 Å². The summed E-state index contributed by atoms with van der Waals surface area (Å²) in [5.41, 5.74) is 3.80. The highest BCUT2D eigenvalue weighted by atomic mass is 16.5. The molecule has 0 atom stereocenters. The maximum Gasteiger partial charge on any atom is 0.226 e. The second kappa shape index (κ2) is 6.01. The molecule has 0 radical (unpaired) electrons. The van der Waals surface area contributed by atoms with Gasteiger partial charge in [0.1, 0.15) is 5.82 Å². The Kier molecular flexibility index (Phi) is 3.92. The lowest BCUT2D eigenvalue weighted by atomic mass is 10.1. The maximum atomic E-state index is 5.75. The van der Waals surface area contributed by atoms with E-state index in [1.54, 1.807) is 7.11 Å². The molecule has 0 bridgehead atoms.